The number of thioether (sulfide) groups is 1. The number of halogens is 2. The summed E-state index contributed by atoms with van der Waals surface area (Å²) in [4.78, 5) is 24.6. The summed E-state index contributed by atoms with van der Waals surface area (Å²) < 4.78 is 26.3. The van der Waals surface area contributed by atoms with E-state index in [1.807, 2.05) is 0 Å². The summed E-state index contributed by atoms with van der Waals surface area (Å²) in [5.41, 5.74) is 0.904. The first-order chi connectivity index (χ1) is 12.0. The number of hydrogen-bond acceptors (Lipinski definition) is 6. The number of anilines is 1. The van der Waals surface area contributed by atoms with E-state index < -0.39 is 16.9 Å². The molecule has 2 aromatic heterocycles. The smallest absolute Gasteiger partial charge is 0.239 e. The van der Waals surface area contributed by atoms with E-state index in [-0.39, 0.29) is 5.91 Å². The quantitative estimate of drug-likeness (QED) is 0.537. The molecule has 128 valence electrons. The van der Waals surface area contributed by atoms with Crippen LogP contribution in [0.1, 0.15) is 6.92 Å². The Balaban J connectivity index is 1.66. The Hall–Kier alpha value is -2.39. The lowest BCUT2D eigenvalue weighted by atomic mass is 10.2. The van der Waals surface area contributed by atoms with Crippen molar-refractivity contribution in [3.05, 3.63) is 53.7 Å². The second-order valence-electron chi connectivity index (χ2n) is 4.95. The lowest BCUT2D eigenvalue weighted by molar-refractivity contribution is -0.115. The third-order valence-corrected chi connectivity index (χ3v) is 4.89. The van der Waals surface area contributed by atoms with E-state index in [1.165, 1.54) is 29.2 Å². The molecule has 0 saturated heterocycles. The number of aromatic nitrogens is 3. The average molecular weight is 378 g/mol. The minimum atomic E-state index is -0.941. The van der Waals surface area contributed by atoms with E-state index in [0.29, 0.717) is 21.5 Å². The molecule has 9 heteroatoms. The van der Waals surface area contributed by atoms with Crippen LogP contribution in [-0.4, -0.2) is 26.1 Å². The van der Waals surface area contributed by atoms with Gasteiger partial charge in [0.1, 0.15) is 0 Å². The molecule has 2 heterocycles. The van der Waals surface area contributed by atoms with Crippen LogP contribution in [0.5, 0.6) is 0 Å². The van der Waals surface area contributed by atoms with Gasteiger partial charge in [0, 0.05) is 23.3 Å². The van der Waals surface area contributed by atoms with Gasteiger partial charge in [-0.05, 0) is 31.2 Å². The number of carbonyl (C=O) groups is 1. The molecule has 0 fully saturated rings. The van der Waals surface area contributed by atoms with Gasteiger partial charge >= 0.3 is 0 Å². The van der Waals surface area contributed by atoms with Crippen LogP contribution in [-0.2, 0) is 4.79 Å². The van der Waals surface area contributed by atoms with E-state index in [4.69, 9.17) is 0 Å². The molecule has 1 aromatic carbocycles. The Labute approximate surface area is 150 Å². The van der Waals surface area contributed by atoms with Crippen molar-refractivity contribution in [3.8, 4) is 11.3 Å². The summed E-state index contributed by atoms with van der Waals surface area (Å²) in [6.45, 7) is 1.74. The Kier molecular flexibility index (Phi) is 5.34. The maximum Gasteiger partial charge on any atom is 0.239 e. The Morgan fingerprint density at radius 3 is 2.72 bits per heavy atom. The summed E-state index contributed by atoms with van der Waals surface area (Å²) in [6, 6.07) is 5.25. The first-order valence-corrected chi connectivity index (χ1v) is 8.94. The van der Waals surface area contributed by atoms with Gasteiger partial charge in [-0.25, -0.2) is 23.7 Å². The van der Waals surface area contributed by atoms with Crippen LogP contribution < -0.4 is 5.32 Å². The molecule has 25 heavy (non-hydrogen) atoms. The molecule has 5 nitrogen and oxygen atoms in total. The predicted octanol–water partition coefficient (Wildman–Crippen LogP) is 4.00. The zero-order chi connectivity index (χ0) is 17.8. The second-order valence-corrected chi connectivity index (χ2v) is 7.11. The van der Waals surface area contributed by atoms with Gasteiger partial charge in [0.25, 0.3) is 0 Å². The molecule has 0 spiro atoms. The summed E-state index contributed by atoms with van der Waals surface area (Å²) in [6.07, 6.45) is 3.21. The van der Waals surface area contributed by atoms with Crippen LogP contribution in [0.25, 0.3) is 11.3 Å². The molecule has 0 aliphatic carbocycles. The van der Waals surface area contributed by atoms with Crippen molar-refractivity contribution in [3.63, 3.8) is 0 Å². The average Bonchev–Trinajstić information content (AvgIpc) is 3.06. The van der Waals surface area contributed by atoms with Gasteiger partial charge in [0.2, 0.25) is 5.91 Å². The van der Waals surface area contributed by atoms with Crippen molar-refractivity contribution in [2.75, 3.05) is 5.32 Å². The molecule has 1 N–H and O–H groups in total. The Morgan fingerprint density at radius 1 is 1.24 bits per heavy atom. The molecule has 0 unspecified atom stereocenters. The molecule has 1 atom stereocenters. The molecule has 0 aliphatic heterocycles. The van der Waals surface area contributed by atoms with Crippen molar-refractivity contribution < 1.29 is 13.6 Å². The Morgan fingerprint density at radius 2 is 2.00 bits per heavy atom. The summed E-state index contributed by atoms with van der Waals surface area (Å²) in [5, 5.41) is 4.84. The van der Waals surface area contributed by atoms with Crippen LogP contribution in [0.4, 0.5) is 13.9 Å². The zero-order valence-corrected chi connectivity index (χ0v) is 14.6. The molecule has 0 bridgehead atoms. The number of amides is 1. The van der Waals surface area contributed by atoms with Gasteiger partial charge in [0.15, 0.2) is 21.9 Å². The molecule has 0 radical (unpaired) electrons. The number of nitrogens with one attached hydrogen (secondary N) is 1. The topological polar surface area (TPSA) is 67.8 Å². The van der Waals surface area contributed by atoms with Crippen molar-refractivity contribution in [2.45, 2.75) is 17.3 Å². The number of thiazole rings is 1. The van der Waals surface area contributed by atoms with E-state index in [0.717, 1.165) is 12.1 Å². The van der Waals surface area contributed by atoms with E-state index >= 15 is 0 Å². The fourth-order valence-electron chi connectivity index (χ4n) is 1.88. The molecular weight excluding hydrogens is 366 g/mol. The van der Waals surface area contributed by atoms with Gasteiger partial charge < -0.3 is 5.32 Å². The number of benzene rings is 1. The first-order valence-electron chi connectivity index (χ1n) is 7.18. The number of nitrogens with zero attached hydrogens (tertiary/aromatic N) is 3. The van der Waals surface area contributed by atoms with Crippen molar-refractivity contribution in [1.29, 1.82) is 0 Å². The largest absolute Gasteiger partial charge is 0.301 e. The fourth-order valence-corrected chi connectivity index (χ4v) is 3.33. The predicted molar refractivity (Wildman–Crippen MR) is 93.4 cm³/mol. The molecular formula is C16H12F2N4OS2. The summed E-state index contributed by atoms with van der Waals surface area (Å²) in [7, 11) is 0. The van der Waals surface area contributed by atoms with Gasteiger partial charge in [-0.3, -0.25) is 4.79 Å². The zero-order valence-electron chi connectivity index (χ0n) is 12.9. The highest BCUT2D eigenvalue weighted by molar-refractivity contribution is 8.00. The number of hydrogen-bond donors (Lipinski definition) is 1. The maximum absolute atomic E-state index is 13.3. The minimum absolute atomic E-state index is 0.247. The van der Waals surface area contributed by atoms with Crippen LogP contribution in [0.2, 0.25) is 0 Å². The van der Waals surface area contributed by atoms with E-state index in [9.17, 15) is 13.6 Å². The summed E-state index contributed by atoms with van der Waals surface area (Å²) >= 11 is 2.44. The highest BCUT2D eigenvalue weighted by atomic mass is 32.2. The minimum Gasteiger partial charge on any atom is -0.301 e. The summed E-state index contributed by atoms with van der Waals surface area (Å²) in [5.74, 6) is -2.10. The molecule has 3 rings (SSSR count). The fraction of sp³-hybridized carbons (Fsp3) is 0.125. The lowest BCUT2D eigenvalue weighted by Gasteiger charge is -2.08. The maximum atomic E-state index is 13.3. The van der Waals surface area contributed by atoms with Gasteiger partial charge in [-0.1, -0.05) is 11.8 Å². The third-order valence-electron chi connectivity index (χ3n) is 3.14. The van der Waals surface area contributed by atoms with Crippen molar-refractivity contribution >= 4 is 34.1 Å². The van der Waals surface area contributed by atoms with Crippen molar-refractivity contribution in [2.24, 2.45) is 0 Å². The third kappa shape index (κ3) is 4.37. The molecule has 3 aromatic rings. The molecule has 1 amide bonds. The van der Waals surface area contributed by atoms with Crippen LogP contribution >= 0.6 is 23.1 Å². The second kappa shape index (κ2) is 7.66. The van der Waals surface area contributed by atoms with E-state index in [2.05, 4.69) is 20.3 Å². The standard InChI is InChI=1S/C16H12F2N4OS2/c1-9(25-15-19-5-2-6-20-15)14(23)22-16-21-13(8-24-16)10-3-4-11(17)12(18)7-10/h2-9H,1H3,(H,21,22,23)/t9-/m0/s1. The van der Waals surface area contributed by atoms with Gasteiger partial charge in [-0.2, -0.15) is 0 Å². The van der Waals surface area contributed by atoms with Crippen LogP contribution in [0.15, 0.2) is 47.2 Å². The number of carbonyl (C=O) groups excluding carboxylic acids is 1. The first kappa shape index (κ1) is 17.4. The molecule has 0 saturated carbocycles. The van der Waals surface area contributed by atoms with Gasteiger partial charge in [0.05, 0.1) is 10.9 Å². The monoisotopic (exact) mass is 378 g/mol. The van der Waals surface area contributed by atoms with Gasteiger partial charge in [-0.15, -0.1) is 11.3 Å². The van der Waals surface area contributed by atoms with Crippen molar-refractivity contribution in [1.82, 2.24) is 15.0 Å². The Bertz CT molecular complexity index is 889. The highest BCUT2D eigenvalue weighted by Crippen LogP contribution is 2.27. The SMILES string of the molecule is C[C@H](Sc1ncccn1)C(=O)Nc1nc(-c2ccc(F)c(F)c2)cs1. The lowest BCUT2D eigenvalue weighted by Crippen LogP contribution is -2.22. The van der Waals surface area contributed by atoms with E-state index in [1.54, 1.807) is 30.8 Å². The number of rotatable bonds is 5. The van der Waals surface area contributed by atoms with Crippen LogP contribution in [0, 0.1) is 11.6 Å². The molecule has 0 aliphatic rings. The normalized spacial score (nSPS) is 12.0. The highest BCUT2D eigenvalue weighted by Gasteiger charge is 2.17. The van der Waals surface area contributed by atoms with Crippen LogP contribution in [0.3, 0.4) is 0 Å².